The quantitative estimate of drug-likeness (QED) is 0.814. The molecule has 1 heterocycles. The van der Waals surface area contributed by atoms with E-state index in [0.717, 1.165) is 18.8 Å². The molecule has 0 aliphatic carbocycles. The third-order valence-corrected chi connectivity index (χ3v) is 3.89. The summed E-state index contributed by atoms with van der Waals surface area (Å²) in [4.78, 5) is 2.36. The van der Waals surface area contributed by atoms with Gasteiger partial charge in [0.25, 0.3) is 0 Å². The highest BCUT2D eigenvalue weighted by Crippen LogP contribution is 2.37. The van der Waals surface area contributed by atoms with E-state index in [9.17, 15) is 0 Å². The number of rotatable bonds is 2. The fourth-order valence-electron chi connectivity index (χ4n) is 2.98. The maximum Gasteiger partial charge on any atom is 0.123 e. The van der Waals surface area contributed by atoms with Crippen LogP contribution in [0.3, 0.4) is 0 Å². The van der Waals surface area contributed by atoms with E-state index in [1.807, 2.05) is 0 Å². The van der Waals surface area contributed by atoms with Crippen molar-refractivity contribution in [3.63, 3.8) is 0 Å². The predicted octanol–water partition coefficient (Wildman–Crippen LogP) is 3.27. The van der Waals surface area contributed by atoms with E-state index in [4.69, 9.17) is 4.74 Å². The van der Waals surface area contributed by atoms with E-state index >= 15 is 0 Å². The van der Waals surface area contributed by atoms with E-state index in [-0.39, 0.29) is 0 Å². The first-order valence-electron chi connectivity index (χ1n) is 6.69. The first kappa shape index (κ1) is 12.2. The standard InChI is InChI=1S/C17H19NO/c1-18-11-15(13-7-4-3-5-8-13)14-9-6-10-17(19-2)16(14)12-18/h3-10,15H,11-12H2,1-2H3/t15-/m0/s1. The number of likely N-dealkylation sites (N-methyl/N-ethyl adjacent to an activating group) is 1. The van der Waals surface area contributed by atoms with Crippen molar-refractivity contribution in [1.82, 2.24) is 4.90 Å². The van der Waals surface area contributed by atoms with Gasteiger partial charge in [-0.15, -0.1) is 0 Å². The molecule has 2 heteroatoms. The number of nitrogens with zero attached hydrogens (tertiary/aromatic N) is 1. The Balaban J connectivity index is 2.10. The van der Waals surface area contributed by atoms with Crippen molar-refractivity contribution in [1.29, 1.82) is 0 Å². The van der Waals surface area contributed by atoms with Crippen LogP contribution in [0.2, 0.25) is 0 Å². The molecule has 0 unspecified atom stereocenters. The van der Waals surface area contributed by atoms with Crippen molar-refractivity contribution in [2.24, 2.45) is 0 Å². The van der Waals surface area contributed by atoms with Gasteiger partial charge in [-0.3, -0.25) is 0 Å². The molecule has 0 saturated carbocycles. The van der Waals surface area contributed by atoms with Crippen molar-refractivity contribution >= 4 is 0 Å². The Labute approximate surface area is 114 Å². The van der Waals surface area contributed by atoms with Gasteiger partial charge in [0.1, 0.15) is 5.75 Å². The summed E-state index contributed by atoms with van der Waals surface area (Å²) in [6.45, 7) is 2.02. The lowest BCUT2D eigenvalue weighted by molar-refractivity contribution is 0.286. The van der Waals surface area contributed by atoms with E-state index in [1.165, 1.54) is 16.7 Å². The molecular weight excluding hydrogens is 234 g/mol. The highest BCUT2D eigenvalue weighted by molar-refractivity contribution is 5.47. The zero-order chi connectivity index (χ0) is 13.2. The minimum Gasteiger partial charge on any atom is -0.496 e. The second-order valence-electron chi connectivity index (χ2n) is 5.19. The molecule has 1 aliphatic heterocycles. The molecule has 19 heavy (non-hydrogen) atoms. The van der Waals surface area contributed by atoms with Gasteiger partial charge in [-0.25, -0.2) is 0 Å². The van der Waals surface area contributed by atoms with Crippen LogP contribution in [0.1, 0.15) is 22.6 Å². The highest BCUT2D eigenvalue weighted by Gasteiger charge is 2.26. The first-order chi connectivity index (χ1) is 9.29. The van der Waals surface area contributed by atoms with Crippen molar-refractivity contribution in [3.05, 3.63) is 65.2 Å². The topological polar surface area (TPSA) is 12.5 Å². The molecule has 1 atom stereocenters. The van der Waals surface area contributed by atoms with Gasteiger partial charge < -0.3 is 9.64 Å². The minimum absolute atomic E-state index is 0.435. The van der Waals surface area contributed by atoms with Crippen molar-refractivity contribution in [3.8, 4) is 5.75 Å². The van der Waals surface area contributed by atoms with Gasteiger partial charge in [-0.2, -0.15) is 0 Å². The summed E-state index contributed by atoms with van der Waals surface area (Å²) < 4.78 is 5.52. The summed E-state index contributed by atoms with van der Waals surface area (Å²) >= 11 is 0. The van der Waals surface area contributed by atoms with Crippen LogP contribution in [0.4, 0.5) is 0 Å². The highest BCUT2D eigenvalue weighted by atomic mass is 16.5. The number of hydrogen-bond acceptors (Lipinski definition) is 2. The molecule has 3 rings (SSSR count). The largest absolute Gasteiger partial charge is 0.496 e. The summed E-state index contributed by atoms with van der Waals surface area (Å²) in [5.41, 5.74) is 4.11. The van der Waals surface area contributed by atoms with Crippen LogP contribution in [0.25, 0.3) is 0 Å². The van der Waals surface area contributed by atoms with Crippen LogP contribution in [0.15, 0.2) is 48.5 Å². The summed E-state index contributed by atoms with van der Waals surface area (Å²) in [7, 11) is 3.92. The summed E-state index contributed by atoms with van der Waals surface area (Å²) in [5, 5.41) is 0. The van der Waals surface area contributed by atoms with Gasteiger partial charge in [0, 0.05) is 24.6 Å². The summed E-state index contributed by atoms with van der Waals surface area (Å²) in [5.74, 6) is 1.44. The fourth-order valence-corrected chi connectivity index (χ4v) is 2.98. The molecular formula is C17H19NO. The van der Waals surface area contributed by atoms with Gasteiger partial charge in [-0.1, -0.05) is 42.5 Å². The molecule has 2 aromatic carbocycles. The van der Waals surface area contributed by atoms with Crippen LogP contribution >= 0.6 is 0 Å². The van der Waals surface area contributed by atoms with Crippen molar-refractivity contribution < 1.29 is 4.74 Å². The molecule has 0 fully saturated rings. The van der Waals surface area contributed by atoms with Crippen LogP contribution in [0, 0.1) is 0 Å². The smallest absolute Gasteiger partial charge is 0.123 e. The van der Waals surface area contributed by atoms with Gasteiger partial charge in [0.05, 0.1) is 7.11 Å². The number of hydrogen-bond donors (Lipinski definition) is 0. The lowest BCUT2D eigenvalue weighted by atomic mass is 9.84. The average Bonchev–Trinajstić information content (AvgIpc) is 2.46. The molecule has 0 amide bonds. The molecule has 0 N–H and O–H groups in total. The van der Waals surface area contributed by atoms with Crippen LogP contribution in [-0.2, 0) is 6.54 Å². The SMILES string of the molecule is COc1cccc2c1CN(C)C[C@H]2c1ccccc1. The van der Waals surface area contributed by atoms with E-state index in [2.05, 4.69) is 60.5 Å². The Bertz CT molecular complexity index is 565. The lowest BCUT2D eigenvalue weighted by Crippen LogP contribution is -2.31. The van der Waals surface area contributed by atoms with Crippen LogP contribution < -0.4 is 4.74 Å². The third kappa shape index (κ3) is 2.24. The second-order valence-corrected chi connectivity index (χ2v) is 5.19. The number of ether oxygens (including phenoxy) is 1. The van der Waals surface area contributed by atoms with Gasteiger partial charge in [0.15, 0.2) is 0 Å². The predicted molar refractivity (Wildman–Crippen MR) is 77.6 cm³/mol. The maximum atomic E-state index is 5.52. The summed E-state index contributed by atoms with van der Waals surface area (Å²) in [6, 6.07) is 17.1. The zero-order valence-corrected chi connectivity index (χ0v) is 11.5. The fraction of sp³-hybridized carbons (Fsp3) is 0.294. The van der Waals surface area contributed by atoms with Gasteiger partial charge >= 0.3 is 0 Å². The molecule has 0 radical (unpaired) electrons. The maximum absolute atomic E-state index is 5.52. The Morgan fingerprint density at radius 2 is 1.84 bits per heavy atom. The van der Waals surface area contributed by atoms with Gasteiger partial charge in [0.2, 0.25) is 0 Å². The number of benzene rings is 2. The molecule has 1 aliphatic rings. The molecule has 98 valence electrons. The molecule has 0 saturated heterocycles. The molecule has 2 nitrogen and oxygen atoms in total. The van der Waals surface area contributed by atoms with E-state index < -0.39 is 0 Å². The third-order valence-electron chi connectivity index (χ3n) is 3.89. The molecule has 0 aromatic heterocycles. The lowest BCUT2D eigenvalue weighted by Gasteiger charge is -2.33. The Hall–Kier alpha value is -1.80. The van der Waals surface area contributed by atoms with Crippen LogP contribution in [-0.4, -0.2) is 25.6 Å². The molecule has 0 bridgehead atoms. The van der Waals surface area contributed by atoms with Crippen LogP contribution in [0.5, 0.6) is 5.75 Å². The molecule has 0 spiro atoms. The Morgan fingerprint density at radius 3 is 2.58 bits per heavy atom. The Kier molecular flexibility index (Phi) is 3.26. The number of fused-ring (bicyclic) bond motifs is 1. The zero-order valence-electron chi connectivity index (χ0n) is 11.5. The van der Waals surface area contributed by atoms with E-state index in [0.29, 0.717) is 5.92 Å². The van der Waals surface area contributed by atoms with E-state index in [1.54, 1.807) is 7.11 Å². The minimum atomic E-state index is 0.435. The Morgan fingerprint density at radius 1 is 1.05 bits per heavy atom. The average molecular weight is 253 g/mol. The normalized spacial score (nSPS) is 18.9. The number of methoxy groups -OCH3 is 1. The molecule has 2 aromatic rings. The second kappa shape index (κ2) is 5.06. The first-order valence-corrected chi connectivity index (χ1v) is 6.69. The monoisotopic (exact) mass is 253 g/mol. The van der Waals surface area contributed by atoms with Crippen molar-refractivity contribution in [2.45, 2.75) is 12.5 Å². The van der Waals surface area contributed by atoms with Gasteiger partial charge in [-0.05, 0) is 24.2 Å². The summed E-state index contributed by atoms with van der Waals surface area (Å²) in [6.07, 6.45) is 0. The van der Waals surface area contributed by atoms with Crippen molar-refractivity contribution in [2.75, 3.05) is 20.7 Å².